The number of ether oxygens (including phenoxy) is 2. The van der Waals surface area contributed by atoms with Crippen molar-refractivity contribution in [2.75, 3.05) is 25.9 Å². The van der Waals surface area contributed by atoms with Crippen LogP contribution in [0.25, 0.3) is 0 Å². The number of amides is 1. The summed E-state index contributed by atoms with van der Waals surface area (Å²) in [6.07, 6.45) is 1.26. The predicted octanol–water partition coefficient (Wildman–Crippen LogP) is 3.48. The maximum atomic E-state index is 12.2. The maximum Gasteiger partial charge on any atom is 0.410 e. The van der Waals surface area contributed by atoms with Gasteiger partial charge < -0.3 is 20.1 Å². The summed E-state index contributed by atoms with van der Waals surface area (Å²) in [6.45, 7) is 8.70. The minimum atomic E-state index is -0.500. The van der Waals surface area contributed by atoms with Crippen LogP contribution in [0.3, 0.4) is 0 Å². The molecular formula is C19H28N2O4. The summed E-state index contributed by atoms with van der Waals surface area (Å²) < 4.78 is 10.3. The first-order chi connectivity index (χ1) is 11.6. The largest absolute Gasteiger partial charge is 0.465 e. The molecule has 1 saturated heterocycles. The van der Waals surface area contributed by atoms with Gasteiger partial charge in [0.1, 0.15) is 5.60 Å². The van der Waals surface area contributed by atoms with Gasteiger partial charge in [-0.2, -0.15) is 0 Å². The molecule has 0 radical (unpaired) electrons. The lowest BCUT2D eigenvalue weighted by Crippen LogP contribution is -2.41. The highest BCUT2D eigenvalue weighted by Crippen LogP contribution is 2.33. The summed E-state index contributed by atoms with van der Waals surface area (Å²) >= 11 is 0. The molecule has 1 amide bonds. The normalized spacial score (nSPS) is 15.8. The third-order valence-corrected chi connectivity index (χ3v) is 4.43. The van der Waals surface area contributed by atoms with Crippen LogP contribution in [0.4, 0.5) is 10.5 Å². The molecule has 0 aliphatic carbocycles. The second-order valence-electron chi connectivity index (χ2n) is 7.53. The highest BCUT2D eigenvalue weighted by Gasteiger charge is 2.29. The van der Waals surface area contributed by atoms with E-state index >= 15 is 0 Å². The minimum Gasteiger partial charge on any atom is -0.465 e. The molecular weight excluding hydrogens is 320 g/mol. The van der Waals surface area contributed by atoms with Crippen molar-refractivity contribution in [1.82, 2.24) is 4.90 Å². The first kappa shape index (κ1) is 19.1. The molecule has 0 atom stereocenters. The Balaban J connectivity index is 2.14. The van der Waals surface area contributed by atoms with Crippen LogP contribution >= 0.6 is 0 Å². The summed E-state index contributed by atoms with van der Waals surface area (Å²) in [6, 6.07) is 3.66. The number of nitrogens with zero attached hydrogens (tertiary/aromatic N) is 1. The fourth-order valence-electron chi connectivity index (χ4n) is 3.07. The third kappa shape index (κ3) is 4.65. The summed E-state index contributed by atoms with van der Waals surface area (Å²) in [7, 11) is 1.37. The molecule has 0 bridgehead atoms. The van der Waals surface area contributed by atoms with Crippen LogP contribution < -0.4 is 5.73 Å². The first-order valence-corrected chi connectivity index (χ1v) is 8.58. The average Bonchev–Trinajstić information content (AvgIpc) is 2.54. The number of aryl methyl sites for hydroxylation is 1. The number of esters is 1. The molecule has 0 saturated carbocycles. The van der Waals surface area contributed by atoms with Gasteiger partial charge in [0.2, 0.25) is 0 Å². The van der Waals surface area contributed by atoms with Gasteiger partial charge in [0.15, 0.2) is 0 Å². The van der Waals surface area contributed by atoms with Crippen molar-refractivity contribution in [2.24, 2.45) is 0 Å². The van der Waals surface area contributed by atoms with E-state index in [0.29, 0.717) is 24.3 Å². The Bertz CT molecular complexity index is 656. The number of nitrogens with two attached hydrogens (primary N) is 1. The summed E-state index contributed by atoms with van der Waals surface area (Å²) in [5.74, 6) is -0.191. The first-order valence-electron chi connectivity index (χ1n) is 8.58. The highest BCUT2D eigenvalue weighted by molar-refractivity contribution is 5.92. The lowest BCUT2D eigenvalue weighted by Gasteiger charge is -2.34. The monoisotopic (exact) mass is 348 g/mol. The van der Waals surface area contributed by atoms with Crippen molar-refractivity contribution < 1.29 is 19.1 Å². The van der Waals surface area contributed by atoms with Gasteiger partial charge >= 0.3 is 12.1 Å². The van der Waals surface area contributed by atoms with Crippen LogP contribution in [0.1, 0.15) is 61.0 Å². The molecule has 138 valence electrons. The van der Waals surface area contributed by atoms with Gasteiger partial charge in [0.25, 0.3) is 0 Å². The quantitative estimate of drug-likeness (QED) is 0.653. The highest BCUT2D eigenvalue weighted by atomic mass is 16.6. The minimum absolute atomic E-state index is 0.187. The predicted molar refractivity (Wildman–Crippen MR) is 96.7 cm³/mol. The lowest BCUT2D eigenvalue weighted by molar-refractivity contribution is 0.0203. The van der Waals surface area contributed by atoms with Crippen LogP contribution in [-0.4, -0.2) is 42.8 Å². The van der Waals surface area contributed by atoms with E-state index < -0.39 is 5.60 Å². The topological polar surface area (TPSA) is 81.9 Å². The molecule has 6 heteroatoms. The lowest BCUT2D eigenvalue weighted by atomic mass is 9.85. The number of hydrogen-bond donors (Lipinski definition) is 1. The van der Waals surface area contributed by atoms with E-state index in [4.69, 9.17) is 15.2 Å². The van der Waals surface area contributed by atoms with Gasteiger partial charge in [-0.25, -0.2) is 9.59 Å². The Morgan fingerprint density at radius 1 is 1.20 bits per heavy atom. The maximum absolute atomic E-state index is 12.2. The van der Waals surface area contributed by atoms with Crippen molar-refractivity contribution in [3.63, 3.8) is 0 Å². The summed E-state index contributed by atoms with van der Waals surface area (Å²) in [5, 5.41) is 0. The number of methoxy groups -OCH3 is 1. The average molecular weight is 348 g/mol. The number of rotatable bonds is 2. The van der Waals surface area contributed by atoms with E-state index in [-0.39, 0.29) is 18.0 Å². The van der Waals surface area contributed by atoms with E-state index in [2.05, 4.69) is 0 Å². The van der Waals surface area contributed by atoms with Gasteiger partial charge in [0, 0.05) is 18.8 Å². The van der Waals surface area contributed by atoms with Crippen LogP contribution in [0.15, 0.2) is 12.1 Å². The molecule has 1 aromatic rings. The van der Waals surface area contributed by atoms with Crippen LogP contribution in [0, 0.1) is 6.92 Å². The Hall–Kier alpha value is -2.24. The van der Waals surface area contributed by atoms with Crippen molar-refractivity contribution in [3.8, 4) is 0 Å². The van der Waals surface area contributed by atoms with E-state index in [9.17, 15) is 9.59 Å². The van der Waals surface area contributed by atoms with Gasteiger partial charge in [-0.15, -0.1) is 0 Å². The summed E-state index contributed by atoms with van der Waals surface area (Å²) in [5.41, 5.74) is 8.44. The number of likely N-dealkylation sites (tertiary alicyclic amines) is 1. The van der Waals surface area contributed by atoms with E-state index in [1.54, 1.807) is 11.0 Å². The fourth-order valence-corrected chi connectivity index (χ4v) is 3.07. The molecule has 1 fully saturated rings. The van der Waals surface area contributed by atoms with Crippen LogP contribution in [0.5, 0.6) is 0 Å². The van der Waals surface area contributed by atoms with Gasteiger partial charge in [-0.1, -0.05) is 6.07 Å². The Morgan fingerprint density at radius 2 is 1.80 bits per heavy atom. The number of piperidine rings is 1. The standard InChI is InChI=1S/C19H28N2O4/c1-12-10-14(15(11-16(12)20)17(22)24-5)13-6-8-21(9-7-13)18(23)25-19(2,3)4/h10-11,13H,6-9,20H2,1-5H3. The molecule has 1 heterocycles. The van der Waals surface area contributed by atoms with Crippen molar-refractivity contribution in [2.45, 2.75) is 52.1 Å². The smallest absolute Gasteiger partial charge is 0.410 e. The van der Waals surface area contributed by atoms with E-state index in [1.807, 2.05) is 33.8 Å². The van der Waals surface area contributed by atoms with Crippen molar-refractivity contribution in [1.29, 1.82) is 0 Å². The van der Waals surface area contributed by atoms with Gasteiger partial charge in [-0.3, -0.25) is 0 Å². The zero-order valence-electron chi connectivity index (χ0n) is 15.7. The van der Waals surface area contributed by atoms with Gasteiger partial charge in [-0.05, 0) is 63.6 Å². The molecule has 2 rings (SSSR count). The van der Waals surface area contributed by atoms with Crippen LogP contribution in [-0.2, 0) is 9.47 Å². The van der Waals surface area contributed by atoms with Crippen molar-refractivity contribution in [3.05, 3.63) is 28.8 Å². The molecule has 0 spiro atoms. The molecule has 1 aromatic carbocycles. The van der Waals surface area contributed by atoms with Crippen molar-refractivity contribution >= 4 is 17.7 Å². The Labute approximate surface area is 149 Å². The molecule has 0 aromatic heterocycles. The molecule has 1 aliphatic rings. The molecule has 6 nitrogen and oxygen atoms in total. The molecule has 1 aliphatic heterocycles. The Kier molecular flexibility index (Phi) is 5.60. The zero-order valence-corrected chi connectivity index (χ0v) is 15.7. The Morgan fingerprint density at radius 3 is 2.32 bits per heavy atom. The molecule has 0 unspecified atom stereocenters. The summed E-state index contributed by atoms with van der Waals surface area (Å²) in [4.78, 5) is 26.0. The van der Waals surface area contributed by atoms with Gasteiger partial charge in [0.05, 0.1) is 12.7 Å². The second kappa shape index (κ2) is 7.33. The van der Waals surface area contributed by atoms with E-state index in [1.165, 1.54) is 7.11 Å². The number of nitrogen functional groups attached to an aromatic ring is 1. The fraction of sp³-hybridized carbons (Fsp3) is 0.579. The van der Waals surface area contributed by atoms with Crippen LogP contribution in [0.2, 0.25) is 0 Å². The number of benzene rings is 1. The third-order valence-electron chi connectivity index (χ3n) is 4.43. The SMILES string of the molecule is COC(=O)c1cc(N)c(C)cc1C1CCN(C(=O)OC(C)(C)C)CC1. The van der Waals surface area contributed by atoms with E-state index in [0.717, 1.165) is 24.0 Å². The number of hydrogen-bond acceptors (Lipinski definition) is 5. The number of anilines is 1. The zero-order chi connectivity index (χ0) is 18.8. The second-order valence-corrected chi connectivity index (χ2v) is 7.53. The molecule has 25 heavy (non-hydrogen) atoms. The number of carbonyl (C=O) groups excluding carboxylic acids is 2. The number of carbonyl (C=O) groups is 2. The molecule has 2 N–H and O–H groups in total.